The Hall–Kier alpha value is -0.900. The van der Waals surface area contributed by atoms with Crippen LogP contribution in [0.1, 0.15) is 159 Å². The van der Waals surface area contributed by atoms with Crippen molar-refractivity contribution in [1.82, 2.24) is 0 Å². The molecule has 0 aliphatic heterocycles. The van der Waals surface area contributed by atoms with Gasteiger partial charge in [-0.15, -0.1) is 0 Å². The molecule has 0 radical (unpaired) electrons. The maximum atomic E-state index is 10.0. The molecule has 0 spiro atoms. The van der Waals surface area contributed by atoms with Gasteiger partial charge in [-0.05, 0) is 119 Å². The minimum atomic E-state index is -0.458. The monoisotopic (exact) mass is 575 g/mol. The highest BCUT2D eigenvalue weighted by atomic mass is 16.3. The van der Waals surface area contributed by atoms with Crippen molar-refractivity contribution in [3.05, 3.63) is 35.5 Å². The van der Waals surface area contributed by atoms with Crippen molar-refractivity contribution >= 4 is 0 Å². The van der Waals surface area contributed by atoms with E-state index in [9.17, 15) is 5.11 Å². The summed E-state index contributed by atoms with van der Waals surface area (Å²) in [6, 6.07) is 0. The first-order valence-electron chi connectivity index (χ1n) is 17.3. The summed E-state index contributed by atoms with van der Waals surface area (Å²) in [5, 5.41) is 27.7. The summed E-state index contributed by atoms with van der Waals surface area (Å²) in [5.74, 6) is 3.37. The fourth-order valence-corrected chi connectivity index (χ4v) is 7.20. The van der Waals surface area contributed by atoms with Crippen LogP contribution in [0.3, 0.4) is 0 Å². The molecule has 0 aromatic carbocycles. The van der Waals surface area contributed by atoms with Gasteiger partial charge in [-0.25, -0.2) is 0 Å². The molecule has 3 fully saturated rings. The van der Waals surface area contributed by atoms with Crippen molar-refractivity contribution < 1.29 is 15.3 Å². The van der Waals surface area contributed by atoms with Crippen molar-refractivity contribution in [2.75, 3.05) is 0 Å². The molecule has 3 aliphatic carbocycles. The Morgan fingerprint density at radius 2 is 1.66 bits per heavy atom. The Kier molecular flexibility index (Phi) is 17.4. The molecular weight excluding hydrogens is 504 g/mol. The van der Waals surface area contributed by atoms with Crippen LogP contribution in [-0.2, 0) is 0 Å². The molecule has 3 heteroatoms. The van der Waals surface area contributed by atoms with E-state index in [0.29, 0.717) is 5.41 Å². The van der Waals surface area contributed by atoms with Crippen LogP contribution in [-0.4, -0.2) is 33.1 Å². The fourth-order valence-electron chi connectivity index (χ4n) is 7.20. The minimum absolute atomic E-state index is 0.0509. The summed E-state index contributed by atoms with van der Waals surface area (Å²) >= 11 is 0. The Balaban J connectivity index is 0.000000539. The molecule has 240 valence electrons. The van der Waals surface area contributed by atoms with Crippen LogP contribution in [0.15, 0.2) is 35.5 Å². The zero-order valence-corrected chi connectivity index (χ0v) is 28.8. The molecule has 0 bridgehead atoms. The number of rotatable bonds is 10. The Bertz CT molecular complexity index is 801. The van der Waals surface area contributed by atoms with Crippen molar-refractivity contribution in [1.29, 1.82) is 0 Å². The van der Waals surface area contributed by atoms with Gasteiger partial charge in [0.25, 0.3) is 0 Å². The molecule has 3 saturated carbocycles. The highest BCUT2D eigenvalue weighted by molar-refractivity contribution is 5.36. The van der Waals surface area contributed by atoms with Crippen LogP contribution in [0.5, 0.6) is 0 Å². The largest absolute Gasteiger partial charge is 0.393 e. The zero-order chi connectivity index (χ0) is 31.2. The summed E-state index contributed by atoms with van der Waals surface area (Å²) in [6.07, 6.45) is 21.9. The van der Waals surface area contributed by atoms with Crippen LogP contribution in [0.25, 0.3) is 0 Å². The zero-order valence-electron chi connectivity index (χ0n) is 28.8. The van der Waals surface area contributed by atoms with E-state index in [-0.39, 0.29) is 12.2 Å². The third-order valence-electron chi connectivity index (χ3n) is 10.3. The molecule has 6 unspecified atom stereocenters. The lowest BCUT2D eigenvalue weighted by Crippen LogP contribution is -2.36. The van der Waals surface area contributed by atoms with E-state index in [4.69, 9.17) is 10.2 Å². The van der Waals surface area contributed by atoms with Gasteiger partial charge >= 0.3 is 0 Å². The first-order valence-corrected chi connectivity index (χ1v) is 17.3. The number of allylic oxidation sites excluding steroid dienone is 4. The van der Waals surface area contributed by atoms with Crippen LogP contribution in [0, 0.1) is 29.1 Å². The van der Waals surface area contributed by atoms with Crippen molar-refractivity contribution in [2.45, 2.75) is 176 Å². The molecule has 3 rings (SSSR count). The van der Waals surface area contributed by atoms with Gasteiger partial charge in [0.2, 0.25) is 0 Å². The topological polar surface area (TPSA) is 60.7 Å². The Labute approximate surface area is 256 Å². The average molecular weight is 575 g/mol. The highest BCUT2D eigenvalue weighted by Crippen LogP contribution is 2.60. The standard InChI is InChI=1S/C27H44O.C6H14O.C5H12O/c1-19(2)8-6-9-21(4)25-15-16-26-22(10-7-17-27(25,26)5)12-13-23-18-24(28)14-11-20(23)3;1-3-5-6(7)4-2;1-4-5(2,3)6/h12-13,19,21,24-26,28H,3,6-11,14-18H2,1-2,4-5H3;6-7H,3-5H2,1-2H3;6H,4H2,1-3H3/b22-12+,23-13-;;. The van der Waals surface area contributed by atoms with E-state index in [2.05, 4.69) is 53.3 Å². The number of hydrogen-bond donors (Lipinski definition) is 3. The predicted octanol–water partition coefficient (Wildman–Crippen LogP) is 10.3. The van der Waals surface area contributed by atoms with E-state index in [1.54, 1.807) is 19.4 Å². The molecule has 0 aromatic heterocycles. The van der Waals surface area contributed by atoms with E-state index in [0.717, 1.165) is 68.6 Å². The molecule has 3 nitrogen and oxygen atoms in total. The lowest BCUT2D eigenvalue weighted by Gasteiger charge is -2.44. The number of fused-ring (bicyclic) bond motifs is 1. The summed E-state index contributed by atoms with van der Waals surface area (Å²) in [7, 11) is 0. The van der Waals surface area contributed by atoms with Crippen molar-refractivity contribution in [3.8, 4) is 0 Å². The summed E-state index contributed by atoms with van der Waals surface area (Å²) in [6.45, 7) is 23.7. The van der Waals surface area contributed by atoms with Gasteiger partial charge in [-0.2, -0.15) is 0 Å². The second-order valence-corrected chi connectivity index (χ2v) is 14.8. The molecule has 0 aromatic rings. The molecule has 0 amide bonds. The Morgan fingerprint density at radius 1 is 1.00 bits per heavy atom. The molecular formula is C38H70O3. The van der Waals surface area contributed by atoms with Gasteiger partial charge in [0, 0.05) is 0 Å². The lowest BCUT2D eigenvalue weighted by molar-refractivity contribution is 0.0765. The third-order valence-corrected chi connectivity index (χ3v) is 10.3. The molecule has 3 N–H and O–H groups in total. The molecule has 0 heterocycles. The number of aliphatic hydroxyl groups excluding tert-OH is 2. The first-order chi connectivity index (χ1) is 19.2. The van der Waals surface area contributed by atoms with Crippen LogP contribution < -0.4 is 0 Å². The van der Waals surface area contributed by atoms with Gasteiger partial charge < -0.3 is 15.3 Å². The second-order valence-electron chi connectivity index (χ2n) is 14.8. The van der Waals surface area contributed by atoms with Gasteiger partial charge in [-0.1, -0.05) is 104 Å². The van der Waals surface area contributed by atoms with E-state index < -0.39 is 5.60 Å². The van der Waals surface area contributed by atoms with E-state index >= 15 is 0 Å². The maximum Gasteiger partial charge on any atom is 0.0589 e. The average Bonchev–Trinajstić information content (AvgIpc) is 3.27. The van der Waals surface area contributed by atoms with Gasteiger partial charge in [0.1, 0.15) is 0 Å². The van der Waals surface area contributed by atoms with Crippen LogP contribution in [0.4, 0.5) is 0 Å². The van der Waals surface area contributed by atoms with Crippen LogP contribution >= 0.6 is 0 Å². The van der Waals surface area contributed by atoms with E-state index in [1.165, 1.54) is 62.5 Å². The van der Waals surface area contributed by atoms with Crippen molar-refractivity contribution in [3.63, 3.8) is 0 Å². The SMILES string of the molecule is C=C1CCC(O)C/C1=C/C=C1\CCCC2(C)C1CCC2C(C)CCCC(C)C.CCC(C)(C)O.CCCC(O)CC. The van der Waals surface area contributed by atoms with Crippen molar-refractivity contribution in [2.24, 2.45) is 29.1 Å². The fraction of sp³-hybridized carbons (Fsp3) is 0.842. The van der Waals surface area contributed by atoms with Gasteiger partial charge in [-0.3, -0.25) is 0 Å². The first kappa shape index (κ1) is 38.1. The summed E-state index contributed by atoms with van der Waals surface area (Å²) in [5.41, 5.74) is 4.26. The number of aliphatic hydroxyl groups is 3. The quantitative estimate of drug-likeness (QED) is 0.243. The summed E-state index contributed by atoms with van der Waals surface area (Å²) < 4.78 is 0. The third kappa shape index (κ3) is 13.5. The van der Waals surface area contributed by atoms with Gasteiger partial charge in [0.05, 0.1) is 17.8 Å². The normalized spacial score (nSPS) is 29.9. The lowest BCUT2D eigenvalue weighted by atomic mass is 9.60. The Morgan fingerprint density at radius 3 is 2.20 bits per heavy atom. The smallest absolute Gasteiger partial charge is 0.0589 e. The van der Waals surface area contributed by atoms with Crippen LogP contribution in [0.2, 0.25) is 0 Å². The van der Waals surface area contributed by atoms with E-state index in [1.807, 2.05) is 13.8 Å². The minimum Gasteiger partial charge on any atom is -0.393 e. The second kappa shape index (κ2) is 18.7. The highest BCUT2D eigenvalue weighted by Gasteiger charge is 2.50. The molecule has 41 heavy (non-hydrogen) atoms. The predicted molar refractivity (Wildman–Crippen MR) is 179 cm³/mol. The molecule has 6 atom stereocenters. The summed E-state index contributed by atoms with van der Waals surface area (Å²) in [4.78, 5) is 0. The maximum absolute atomic E-state index is 10.0. The molecule has 3 aliphatic rings. The number of hydrogen-bond acceptors (Lipinski definition) is 3. The van der Waals surface area contributed by atoms with Gasteiger partial charge in [0.15, 0.2) is 0 Å². The molecule has 0 saturated heterocycles.